The molecule has 9 heavy (non-hydrogen) atoms. The highest BCUT2D eigenvalue weighted by atomic mass is 19.3. The van der Waals surface area contributed by atoms with Crippen LogP contribution >= 0.6 is 0 Å². The first-order chi connectivity index (χ1) is 4.20. The predicted molar refractivity (Wildman–Crippen MR) is 28.4 cm³/mol. The van der Waals surface area contributed by atoms with E-state index in [1.807, 2.05) is 0 Å². The van der Waals surface area contributed by atoms with E-state index in [2.05, 4.69) is 5.32 Å². The van der Waals surface area contributed by atoms with Gasteiger partial charge in [0.2, 0.25) is 0 Å². The van der Waals surface area contributed by atoms with Crippen molar-refractivity contribution >= 4 is 0 Å². The van der Waals surface area contributed by atoms with Gasteiger partial charge in [0, 0.05) is 6.54 Å². The number of halogens is 2. The third-order valence-corrected chi connectivity index (χ3v) is 1.45. The zero-order chi connectivity index (χ0) is 6.85. The summed E-state index contributed by atoms with van der Waals surface area (Å²) in [5, 5.41) is 11.3. The molecule has 2 N–H and O–H groups in total. The molecule has 2 atom stereocenters. The Kier molecular flexibility index (Phi) is 1.97. The summed E-state index contributed by atoms with van der Waals surface area (Å²) in [5.41, 5.74) is 0. The van der Waals surface area contributed by atoms with E-state index in [0.717, 1.165) is 0 Å². The topological polar surface area (TPSA) is 32.3 Å². The molecule has 0 bridgehead atoms. The van der Waals surface area contributed by atoms with Gasteiger partial charge in [-0.2, -0.15) is 0 Å². The molecule has 0 radical (unpaired) electrons. The highest BCUT2D eigenvalue weighted by Crippen LogP contribution is 2.12. The van der Waals surface area contributed by atoms with E-state index in [4.69, 9.17) is 5.11 Å². The molecule has 1 saturated heterocycles. The van der Waals surface area contributed by atoms with E-state index >= 15 is 0 Å². The summed E-state index contributed by atoms with van der Waals surface area (Å²) < 4.78 is 23.5. The number of β-amino-alcohol motifs (C(OH)–C–C–N with tert-alkyl or cyclic N) is 1. The van der Waals surface area contributed by atoms with Crippen LogP contribution in [-0.4, -0.2) is 30.2 Å². The minimum absolute atomic E-state index is 0.178. The Labute approximate surface area is 51.9 Å². The van der Waals surface area contributed by atoms with Crippen LogP contribution in [0.5, 0.6) is 0 Å². The third kappa shape index (κ3) is 1.59. The maximum Gasteiger partial charge on any atom is 0.253 e. The molecule has 0 aromatic carbocycles. The Balaban J connectivity index is 2.30. The summed E-state index contributed by atoms with van der Waals surface area (Å²) in [6.45, 7) is 0.301. The van der Waals surface area contributed by atoms with E-state index < -0.39 is 18.6 Å². The van der Waals surface area contributed by atoms with E-state index in [1.165, 1.54) is 0 Å². The van der Waals surface area contributed by atoms with Gasteiger partial charge in [0.05, 0.1) is 12.1 Å². The van der Waals surface area contributed by atoms with Gasteiger partial charge in [0.1, 0.15) is 0 Å². The molecule has 0 aliphatic carbocycles. The zero-order valence-corrected chi connectivity index (χ0v) is 4.85. The first-order valence-electron chi connectivity index (χ1n) is 2.89. The molecule has 1 aliphatic rings. The SMILES string of the molecule is O[C@@H]1CN[C@H](C(F)F)C1. The molecule has 1 aliphatic heterocycles. The van der Waals surface area contributed by atoms with Gasteiger partial charge in [-0.3, -0.25) is 0 Å². The summed E-state index contributed by atoms with van der Waals surface area (Å²) in [6.07, 6.45) is -2.75. The summed E-state index contributed by atoms with van der Waals surface area (Å²) in [7, 11) is 0. The van der Waals surface area contributed by atoms with E-state index in [9.17, 15) is 8.78 Å². The van der Waals surface area contributed by atoms with Crippen molar-refractivity contribution in [2.24, 2.45) is 0 Å². The maximum atomic E-state index is 11.7. The second-order valence-corrected chi connectivity index (χ2v) is 2.24. The fourth-order valence-electron chi connectivity index (χ4n) is 0.939. The van der Waals surface area contributed by atoms with Gasteiger partial charge in [-0.15, -0.1) is 0 Å². The van der Waals surface area contributed by atoms with Crippen molar-refractivity contribution in [2.45, 2.75) is 25.0 Å². The van der Waals surface area contributed by atoms with Crippen LogP contribution in [0, 0.1) is 0 Å². The Morgan fingerprint density at radius 3 is 2.44 bits per heavy atom. The Morgan fingerprint density at radius 1 is 1.56 bits per heavy atom. The molecule has 0 aromatic rings. The van der Waals surface area contributed by atoms with Crippen LogP contribution in [0.15, 0.2) is 0 Å². The number of aliphatic hydroxyl groups is 1. The lowest BCUT2D eigenvalue weighted by molar-refractivity contribution is 0.0986. The van der Waals surface area contributed by atoms with Crippen LogP contribution in [0.2, 0.25) is 0 Å². The molecule has 54 valence electrons. The largest absolute Gasteiger partial charge is 0.392 e. The van der Waals surface area contributed by atoms with Crippen LogP contribution in [-0.2, 0) is 0 Å². The van der Waals surface area contributed by atoms with Crippen molar-refractivity contribution in [1.29, 1.82) is 0 Å². The second-order valence-electron chi connectivity index (χ2n) is 2.24. The standard InChI is InChI=1S/C5H9F2NO/c6-5(7)4-1-3(9)2-8-4/h3-5,8-9H,1-2H2/t3-,4-/m0/s1. The van der Waals surface area contributed by atoms with Crippen molar-refractivity contribution in [3.63, 3.8) is 0 Å². The number of rotatable bonds is 1. The second kappa shape index (κ2) is 2.58. The molecule has 2 nitrogen and oxygen atoms in total. The van der Waals surface area contributed by atoms with Crippen LogP contribution in [0.1, 0.15) is 6.42 Å². The molecule has 1 fully saturated rings. The fraction of sp³-hybridized carbons (Fsp3) is 1.00. The number of hydrogen-bond acceptors (Lipinski definition) is 2. The molecular formula is C5H9F2NO. The van der Waals surface area contributed by atoms with Gasteiger partial charge < -0.3 is 10.4 Å². The molecule has 0 saturated carbocycles. The van der Waals surface area contributed by atoms with Crippen LogP contribution in [0.4, 0.5) is 8.78 Å². The lowest BCUT2D eigenvalue weighted by Gasteiger charge is -2.05. The van der Waals surface area contributed by atoms with Crippen molar-refractivity contribution in [1.82, 2.24) is 5.32 Å². The summed E-state index contributed by atoms with van der Waals surface area (Å²) in [5.74, 6) is 0. The number of hydrogen-bond donors (Lipinski definition) is 2. The van der Waals surface area contributed by atoms with Crippen molar-refractivity contribution in [2.75, 3.05) is 6.54 Å². The highest BCUT2D eigenvalue weighted by Gasteiger charge is 2.28. The Hall–Kier alpha value is -0.220. The molecule has 0 amide bonds. The minimum Gasteiger partial charge on any atom is -0.392 e. The molecule has 0 spiro atoms. The van der Waals surface area contributed by atoms with E-state index in [1.54, 1.807) is 0 Å². The normalized spacial score (nSPS) is 36.0. The summed E-state index contributed by atoms with van der Waals surface area (Å²) >= 11 is 0. The van der Waals surface area contributed by atoms with Gasteiger partial charge in [0.25, 0.3) is 6.43 Å². The minimum atomic E-state index is -2.35. The quantitative estimate of drug-likeness (QED) is 0.532. The van der Waals surface area contributed by atoms with Gasteiger partial charge >= 0.3 is 0 Å². The van der Waals surface area contributed by atoms with Gasteiger partial charge in [-0.05, 0) is 6.42 Å². The molecule has 1 rings (SSSR count). The smallest absolute Gasteiger partial charge is 0.253 e. The third-order valence-electron chi connectivity index (χ3n) is 1.45. The first-order valence-corrected chi connectivity index (χ1v) is 2.89. The van der Waals surface area contributed by atoms with Crippen LogP contribution in [0.25, 0.3) is 0 Å². The van der Waals surface area contributed by atoms with E-state index in [-0.39, 0.29) is 6.42 Å². The van der Waals surface area contributed by atoms with Crippen molar-refractivity contribution < 1.29 is 13.9 Å². The van der Waals surface area contributed by atoms with Crippen molar-refractivity contribution in [3.05, 3.63) is 0 Å². The number of alkyl halides is 2. The van der Waals surface area contributed by atoms with E-state index in [0.29, 0.717) is 6.54 Å². The summed E-state index contributed by atoms with van der Waals surface area (Å²) in [4.78, 5) is 0. The van der Waals surface area contributed by atoms with Gasteiger partial charge in [-0.25, -0.2) is 8.78 Å². The fourth-order valence-corrected chi connectivity index (χ4v) is 0.939. The van der Waals surface area contributed by atoms with Crippen LogP contribution in [0.3, 0.4) is 0 Å². The lowest BCUT2D eigenvalue weighted by atomic mass is 10.2. The summed E-state index contributed by atoms with van der Waals surface area (Å²) in [6, 6.07) is -0.792. The molecule has 4 heteroatoms. The first kappa shape index (κ1) is 6.89. The average Bonchev–Trinajstić information content (AvgIpc) is 2.14. The van der Waals surface area contributed by atoms with Crippen molar-refractivity contribution in [3.8, 4) is 0 Å². The Bertz CT molecular complexity index is 99.0. The number of nitrogens with one attached hydrogen (secondary N) is 1. The molecule has 0 aromatic heterocycles. The average molecular weight is 137 g/mol. The molecule has 0 unspecified atom stereocenters. The van der Waals surface area contributed by atoms with Gasteiger partial charge in [-0.1, -0.05) is 0 Å². The zero-order valence-electron chi connectivity index (χ0n) is 4.85. The maximum absolute atomic E-state index is 11.7. The van der Waals surface area contributed by atoms with Gasteiger partial charge in [0.15, 0.2) is 0 Å². The number of aliphatic hydroxyl groups excluding tert-OH is 1. The molecular weight excluding hydrogens is 128 g/mol. The lowest BCUT2D eigenvalue weighted by Crippen LogP contribution is -2.28. The monoisotopic (exact) mass is 137 g/mol. The predicted octanol–water partition coefficient (Wildman–Crippen LogP) is -0.0257. The van der Waals surface area contributed by atoms with Crippen LogP contribution < -0.4 is 5.32 Å². The molecule has 1 heterocycles. The highest BCUT2D eigenvalue weighted by molar-refractivity contribution is 4.82. The Morgan fingerprint density at radius 2 is 2.22 bits per heavy atom.